The molecule has 0 saturated carbocycles. The van der Waals surface area contributed by atoms with Crippen LogP contribution in [0.3, 0.4) is 0 Å². The molecule has 0 saturated heterocycles. The van der Waals surface area contributed by atoms with Crippen molar-refractivity contribution in [2.24, 2.45) is 0 Å². The Morgan fingerprint density at radius 1 is 1.19 bits per heavy atom. The van der Waals surface area contributed by atoms with Crippen molar-refractivity contribution >= 4 is 27.5 Å². The molecule has 2 aromatic carbocycles. The zero-order valence-electron chi connectivity index (χ0n) is 14.0. The summed E-state index contributed by atoms with van der Waals surface area (Å²) in [4.78, 5) is 11.9. The van der Waals surface area contributed by atoms with Crippen molar-refractivity contribution < 1.29 is 22.3 Å². The molecule has 0 radical (unpaired) electrons. The maximum atomic E-state index is 13.0. The Bertz CT molecular complexity index is 890. The van der Waals surface area contributed by atoms with Crippen LogP contribution in [0.5, 0.6) is 5.75 Å². The summed E-state index contributed by atoms with van der Waals surface area (Å²) in [5, 5.41) is 2.72. The Morgan fingerprint density at radius 3 is 2.54 bits per heavy atom. The van der Waals surface area contributed by atoms with E-state index in [2.05, 4.69) is 10.0 Å². The van der Waals surface area contributed by atoms with E-state index in [1.807, 2.05) is 0 Å². The van der Waals surface area contributed by atoms with Crippen LogP contribution in [-0.4, -0.2) is 28.0 Å². The van der Waals surface area contributed by atoms with Crippen LogP contribution in [0.15, 0.2) is 42.5 Å². The van der Waals surface area contributed by atoms with Crippen molar-refractivity contribution in [3.63, 3.8) is 0 Å². The summed E-state index contributed by atoms with van der Waals surface area (Å²) in [7, 11) is -2.08. The molecule has 0 unspecified atom stereocenters. The molecule has 0 heterocycles. The van der Waals surface area contributed by atoms with Crippen LogP contribution in [0, 0.1) is 5.82 Å². The highest BCUT2D eigenvalue weighted by atomic mass is 35.5. The molecular formula is C17H18ClFN2O4S. The number of benzene rings is 2. The van der Waals surface area contributed by atoms with E-state index < -0.39 is 21.7 Å². The fourth-order valence-corrected chi connectivity index (χ4v) is 3.19. The first kappa shape index (κ1) is 20.2. The van der Waals surface area contributed by atoms with E-state index in [-0.39, 0.29) is 29.7 Å². The fraction of sp³-hybridized carbons (Fsp3) is 0.235. The van der Waals surface area contributed by atoms with Gasteiger partial charge in [0.15, 0.2) is 6.61 Å². The highest BCUT2D eigenvalue weighted by Crippen LogP contribution is 2.24. The van der Waals surface area contributed by atoms with Crippen LogP contribution in [0.1, 0.15) is 11.1 Å². The van der Waals surface area contributed by atoms with Crippen molar-refractivity contribution in [1.82, 2.24) is 10.0 Å². The van der Waals surface area contributed by atoms with Gasteiger partial charge in [-0.05, 0) is 36.4 Å². The summed E-state index contributed by atoms with van der Waals surface area (Å²) in [6.45, 7) is -0.156. The fourth-order valence-electron chi connectivity index (χ4n) is 2.13. The van der Waals surface area contributed by atoms with Gasteiger partial charge >= 0.3 is 0 Å². The third kappa shape index (κ3) is 5.98. The van der Waals surface area contributed by atoms with Gasteiger partial charge in [0.05, 0.1) is 10.8 Å². The maximum absolute atomic E-state index is 13.0. The zero-order valence-corrected chi connectivity index (χ0v) is 15.5. The molecule has 6 nitrogen and oxygen atoms in total. The van der Waals surface area contributed by atoms with E-state index in [4.69, 9.17) is 16.3 Å². The molecule has 0 spiro atoms. The van der Waals surface area contributed by atoms with E-state index in [1.54, 1.807) is 24.3 Å². The molecule has 2 aromatic rings. The van der Waals surface area contributed by atoms with E-state index in [0.717, 1.165) is 6.07 Å². The molecular weight excluding hydrogens is 383 g/mol. The lowest BCUT2D eigenvalue weighted by Gasteiger charge is -2.12. The van der Waals surface area contributed by atoms with Crippen molar-refractivity contribution in [2.45, 2.75) is 12.3 Å². The Balaban J connectivity index is 1.93. The van der Waals surface area contributed by atoms with Gasteiger partial charge < -0.3 is 10.1 Å². The first-order valence-electron chi connectivity index (χ1n) is 7.63. The number of ether oxygens (including phenoxy) is 1. The zero-order chi connectivity index (χ0) is 19.2. The average molecular weight is 401 g/mol. The second kappa shape index (κ2) is 8.98. The third-order valence-electron chi connectivity index (χ3n) is 3.50. The largest absolute Gasteiger partial charge is 0.482 e. The van der Waals surface area contributed by atoms with Gasteiger partial charge in [0, 0.05) is 6.54 Å². The SMILES string of the molecule is CNS(=O)(=O)Cc1ccccc1CNC(=O)COc1ccc(F)cc1Cl. The minimum Gasteiger partial charge on any atom is -0.482 e. The summed E-state index contributed by atoms with van der Waals surface area (Å²) in [5.41, 5.74) is 1.27. The molecule has 0 aliphatic heterocycles. The van der Waals surface area contributed by atoms with Gasteiger partial charge in [-0.25, -0.2) is 17.5 Å². The molecule has 0 bridgehead atoms. The molecule has 2 rings (SSSR count). The van der Waals surface area contributed by atoms with Gasteiger partial charge in [0.25, 0.3) is 5.91 Å². The Kier molecular flexibility index (Phi) is 6.96. The molecule has 0 aromatic heterocycles. The Labute approximate surface area is 156 Å². The van der Waals surface area contributed by atoms with Crippen molar-refractivity contribution in [3.05, 3.63) is 64.4 Å². The number of hydrogen-bond donors (Lipinski definition) is 2. The topological polar surface area (TPSA) is 84.5 Å². The predicted molar refractivity (Wildman–Crippen MR) is 96.9 cm³/mol. The molecule has 0 aliphatic rings. The number of carbonyl (C=O) groups excluding carboxylic acids is 1. The molecule has 0 aliphatic carbocycles. The van der Waals surface area contributed by atoms with Gasteiger partial charge in [-0.2, -0.15) is 0 Å². The third-order valence-corrected chi connectivity index (χ3v) is 5.11. The number of hydrogen-bond acceptors (Lipinski definition) is 4. The van der Waals surface area contributed by atoms with Crippen LogP contribution in [0.25, 0.3) is 0 Å². The highest BCUT2D eigenvalue weighted by molar-refractivity contribution is 7.88. The smallest absolute Gasteiger partial charge is 0.258 e. The lowest BCUT2D eigenvalue weighted by atomic mass is 10.1. The summed E-state index contributed by atoms with van der Waals surface area (Å²) in [6.07, 6.45) is 0. The van der Waals surface area contributed by atoms with Crippen molar-refractivity contribution in [2.75, 3.05) is 13.7 Å². The molecule has 0 fully saturated rings. The van der Waals surface area contributed by atoms with E-state index in [1.165, 1.54) is 19.2 Å². The van der Waals surface area contributed by atoms with Gasteiger partial charge in [0.2, 0.25) is 10.0 Å². The predicted octanol–water partition coefficient (Wildman–Crippen LogP) is 2.22. The quantitative estimate of drug-likeness (QED) is 0.711. The Morgan fingerprint density at radius 2 is 1.88 bits per heavy atom. The molecule has 9 heteroatoms. The lowest BCUT2D eigenvalue weighted by Crippen LogP contribution is -2.29. The minimum absolute atomic E-state index is 0.0698. The normalized spacial score (nSPS) is 11.2. The van der Waals surface area contributed by atoms with Crippen LogP contribution < -0.4 is 14.8 Å². The summed E-state index contributed by atoms with van der Waals surface area (Å²) >= 11 is 5.82. The second-order valence-electron chi connectivity index (χ2n) is 5.37. The van der Waals surface area contributed by atoms with Crippen LogP contribution in [0.2, 0.25) is 5.02 Å². The van der Waals surface area contributed by atoms with E-state index in [0.29, 0.717) is 11.1 Å². The average Bonchev–Trinajstić information content (AvgIpc) is 2.60. The number of halogens is 2. The number of nitrogens with one attached hydrogen (secondary N) is 2. The second-order valence-corrected chi connectivity index (χ2v) is 7.71. The maximum Gasteiger partial charge on any atom is 0.258 e. The number of sulfonamides is 1. The molecule has 1 amide bonds. The summed E-state index contributed by atoms with van der Waals surface area (Å²) in [5.74, 6) is -0.905. The van der Waals surface area contributed by atoms with E-state index >= 15 is 0 Å². The van der Waals surface area contributed by atoms with Crippen LogP contribution >= 0.6 is 11.6 Å². The summed E-state index contributed by atoms with van der Waals surface area (Å²) in [6, 6.07) is 10.5. The minimum atomic E-state index is -3.42. The Hall–Kier alpha value is -2.16. The molecule has 0 atom stereocenters. The first-order chi connectivity index (χ1) is 12.3. The highest BCUT2D eigenvalue weighted by Gasteiger charge is 2.13. The lowest BCUT2D eigenvalue weighted by molar-refractivity contribution is -0.123. The number of rotatable bonds is 8. The van der Waals surface area contributed by atoms with Crippen molar-refractivity contribution in [3.8, 4) is 5.75 Å². The standard InChI is InChI=1S/C17H18ClFN2O4S/c1-20-26(23,24)11-13-5-3-2-4-12(13)9-21-17(22)10-25-16-7-6-14(19)8-15(16)18/h2-8,20H,9-11H2,1H3,(H,21,22). The van der Waals surface area contributed by atoms with Crippen LogP contribution in [0.4, 0.5) is 4.39 Å². The van der Waals surface area contributed by atoms with Gasteiger partial charge in [-0.1, -0.05) is 35.9 Å². The monoisotopic (exact) mass is 400 g/mol. The molecule has 26 heavy (non-hydrogen) atoms. The number of amides is 1. The van der Waals surface area contributed by atoms with Gasteiger partial charge in [0.1, 0.15) is 11.6 Å². The first-order valence-corrected chi connectivity index (χ1v) is 9.66. The van der Waals surface area contributed by atoms with Gasteiger partial charge in [-0.15, -0.1) is 0 Å². The number of carbonyl (C=O) groups is 1. The van der Waals surface area contributed by atoms with E-state index in [9.17, 15) is 17.6 Å². The summed E-state index contributed by atoms with van der Waals surface area (Å²) < 4.78 is 43.9. The molecule has 2 N–H and O–H groups in total. The van der Waals surface area contributed by atoms with Crippen molar-refractivity contribution in [1.29, 1.82) is 0 Å². The van der Waals surface area contributed by atoms with Gasteiger partial charge in [-0.3, -0.25) is 4.79 Å². The molecule has 140 valence electrons. The van der Waals surface area contributed by atoms with Crippen LogP contribution in [-0.2, 0) is 27.1 Å².